The van der Waals surface area contributed by atoms with Gasteiger partial charge in [0.2, 0.25) is 5.95 Å². The molecule has 0 aliphatic carbocycles. The van der Waals surface area contributed by atoms with Gasteiger partial charge in [0.1, 0.15) is 13.1 Å². The lowest BCUT2D eigenvalue weighted by Gasteiger charge is -2.20. The average molecular weight is 763 g/mol. The molecule has 18 heteroatoms. The van der Waals surface area contributed by atoms with Gasteiger partial charge in [-0.15, -0.1) is 0 Å². The Hall–Kier alpha value is -4.23. The highest BCUT2D eigenvalue weighted by Crippen LogP contribution is 2.32. The van der Waals surface area contributed by atoms with Crippen LogP contribution in [-0.4, -0.2) is 66.3 Å². The fourth-order valence-corrected chi connectivity index (χ4v) is 5.34. The topological polar surface area (TPSA) is 158 Å². The number of aliphatic imine (C=N–C) groups is 2. The SMILES string of the molecule is C.C.Nc1nccc(-c2cc3c(n2CC(F)(F)F)CCN=C3[O-])n1.[O-]C1=NCCc2c1cc(-c1ccnc(I)n1)n2CC(F)(F)F. The molecule has 0 unspecified atom stereocenters. The molecule has 11 nitrogen and oxygen atoms in total. The van der Waals surface area contributed by atoms with Crippen molar-refractivity contribution in [3.05, 3.63) is 63.0 Å². The van der Waals surface area contributed by atoms with Crippen LogP contribution in [0.5, 0.6) is 0 Å². The van der Waals surface area contributed by atoms with Crippen molar-refractivity contribution in [1.29, 1.82) is 0 Å². The number of anilines is 1. The fraction of sp³-hybridized carbons (Fsp3) is 0.357. The van der Waals surface area contributed by atoms with E-state index in [9.17, 15) is 36.6 Å². The zero-order valence-electron chi connectivity index (χ0n) is 22.3. The van der Waals surface area contributed by atoms with E-state index >= 15 is 0 Å². The first-order chi connectivity index (χ1) is 20.7. The van der Waals surface area contributed by atoms with Crippen molar-refractivity contribution in [2.45, 2.75) is 53.1 Å². The van der Waals surface area contributed by atoms with E-state index in [1.807, 2.05) is 22.6 Å². The van der Waals surface area contributed by atoms with Gasteiger partial charge in [-0.1, -0.05) is 14.9 Å². The summed E-state index contributed by atoms with van der Waals surface area (Å²) in [6.07, 6.45) is -5.40. The molecule has 6 rings (SSSR count). The number of hydrogen-bond acceptors (Lipinski definition) is 9. The summed E-state index contributed by atoms with van der Waals surface area (Å²) in [5, 5.41) is 23.6. The molecule has 0 fully saturated rings. The highest BCUT2D eigenvalue weighted by atomic mass is 127. The second-order valence-corrected chi connectivity index (χ2v) is 10.5. The summed E-state index contributed by atoms with van der Waals surface area (Å²) >= 11 is 1.88. The zero-order valence-corrected chi connectivity index (χ0v) is 24.5. The molecule has 2 aliphatic heterocycles. The first-order valence-corrected chi connectivity index (χ1v) is 13.9. The molecule has 0 saturated heterocycles. The predicted octanol–water partition coefficient (Wildman–Crippen LogP) is 3.80. The summed E-state index contributed by atoms with van der Waals surface area (Å²) < 4.78 is 79.9. The largest absolute Gasteiger partial charge is 0.858 e. The maximum atomic E-state index is 12.9. The molecular formula is C28H28F6IN9O2-2. The van der Waals surface area contributed by atoms with Crippen molar-refractivity contribution in [3.8, 4) is 22.8 Å². The Kier molecular flexibility index (Phi) is 11.1. The van der Waals surface area contributed by atoms with Gasteiger partial charge in [0, 0.05) is 83.4 Å². The highest BCUT2D eigenvalue weighted by molar-refractivity contribution is 14.1. The molecule has 248 valence electrons. The van der Waals surface area contributed by atoms with Gasteiger partial charge < -0.3 is 35.1 Å². The van der Waals surface area contributed by atoms with Crippen LogP contribution in [0.2, 0.25) is 0 Å². The van der Waals surface area contributed by atoms with Crippen molar-refractivity contribution in [3.63, 3.8) is 0 Å². The molecule has 4 aromatic heterocycles. The molecule has 0 radical (unpaired) electrons. The molecule has 0 atom stereocenters. The molecule has 46 heavy (non-hydrogen) atoms. The molecule has 6 heterocycles. The zero-order chi connectivity index (χ0) is 31.8. The molecule has 2 N–H and O–H groups in total. The van der Waals surface area contributed by atoms with E-state index in [4.69, 9.17) is 5.73 Å². The second kappa shape index (κ2) is 14.0. The summed E-state index contributed by atoms with van der Waals surface area (Å²) in [6.45, 7) is -1.98. The Labute approximate surface area is 273 Å². The van der Waals surface area contributed by atoms with Crippen molar-refractivity contribution in [1.82, 2.24) is 29.1 Å². The number of fused-ring (bicyclic) bond motifs is 2. The van der Waals surface area contributed by atoms with Crippen molar-refractivity contribution in [2.75, 3.05) is 18.8 Å². The molecular weight excluding hydrogens is 735 g/mol. The Balaban J connectivity index is 0.000000240. The summed E-state index contributed by atoms with van der Waals surface area (Å²) in [7, 11) is 0. The molecule has 0 bridgehead atoms. The Morgan fingerprint density at radius 1 is 0.739 bits per heavy atom. The third-order valence-corrected chi connectivity index (χ3v) is 7.11. The van der Waals surface area contributed by atoms with Gasteiger partial charge in [-0.2, -0.15) is 26.3 Å². The lowest BCUT2D eigenvalue weighted by atomic mass is 10.1. The Morgan fingerprint density at radius 3 is 1.59 bits per heavy atom. The molecule has 0 saturated carbocycles. The number of halogens is 7. The minimum atomic E-state index is -4.42. The average Bonchev–Trinajstić information content (AvgIpc) is 3.47. The lowest BCUT2D eigenvalue weighted by Crippen LogP contribution is -2.27. The summed E-state index contributed by atoms with van der Waals surface area (Å²) in [5.74, 6) is -1.04. The van der Waals surface area contributed by atoms with Crippen LogP contribution in [0, 0.1) is 3.83 Å². The predicted molar refractivity (Wildman–Crippen MR) is 164 cm³/mol. The lowest BCUT2D eigenvalue weighted by molar-refractivity contribution is -0.214. The summed E-state index contributed by atoms with van der Waals surface area (Å²) in [6, 6.07) is 5.79. The minimum absolute atomic E-state index is 0. The number of nitrogens with two attached hydrogens (primary N) is 1. The first-order valence-electron chi connectivity index (χ1n) is 12.8. The smallest absolute Gasteiger partial charge is 0.406 e. The molecule has 0 spiro atoms. The van der Waals surface area contributed by atoms with Crippen molar-refractivity contribution in [2.24, 2.45) is 9.98 Å². The quantitative estimate of drug-likeness (QED) is 0.188. The maximum Gasteiger partial charge on any atom is 0.406 e. The van der Waals surface area contributed by atoms with Crippen LogP contribution in [0.1, 0.15) is 37.4 Å². The van der Waals surface area contributed by atoms with Gasteiger partial charge in [-0.3, -0.25) is 0 Å². The molecule has 0 amide bonds. The van der Waals surface area contributed by atoms with E-state index in [1.165, 1.54) is 36.7 Å². The molecule has 2 aliphatic rings. The fourth-order valence-electron chi connectivity index (χ4n) is 4.92. The molecule has 4 aromatic rings. The highest BCUT2D eigenvalue weighted by Gasteiger charge is 2.33. The van der Waals surface area contributed by atoms with Crippen LogP contribution >= 0.6 is 22.6 Å². The number of hydrogen-bond donors (Lipinski definition) is 1. The van der Waals surface area contributed by atoms with Gasteiger partial charge in [-0.05, 0) is 36.1 Å². The van der Waals surface area contributed by atoms with E-state index in [2.05, 4.69) is 29.9 Å². The normalized spacial score (nSPS) is 14.0. The van der Waals surface area contributed by atoms with Crippen LogP contribution in [0.3, 0.4) is 0 Å². The number of aromatic nitrogens is 6. The van der Waals surface area contributed by atoms with E-state index in [0.29, 0.717) is 27.3 Å². The van der Waals surface area contributed by atoms with Crippen LogP contribution in [-0.2, 0) is 25.9 Å². The van der Waals surface area contributed by atoms with E-state index in [-0.39, 0.29) is 68.5 Å². The van der Waals surface area contributed by atoms with Crippen molar-refractivity contribution < 1.29 is 36.6 Å². The van der Waals surface area contributed by atoms with Gasteiger partial charge >= 0.3 is 12.4 Å². The van der Waals surface area contributed by atoms with Gasteiger partial charge in [0.15, 0.2) is 3.83 Å². The second-order valence-electron chi connectivity index (χ2n) is 9.57. The molecule has 0 aromatic carbocycles. The Bertz CT molecular complexity index is 1640. The summed E-state index contributed by atoms with van der Waals surface area (Å²) in [4.78, 5) is 23.2. The number of rotatable bonds is 4. The minimum Gasteiger partial charge on any atom is -0.858 e. The standard InChI is InChI=1S/C13H10F3IN4O.C13H12F3N5O.2CH4/c2*14-13(15,16)6-21-9-2-4-18-11(22)7(9)5-10(21)8-1-3-19-12(17)20-8;;/h1,3,5H,2,4,6H2,(H,18,22);1,3,5H,2,4,6H2,(H,18,22)(H2,17,19,20);2*1H4/p-2. The van der Waals surface area contributed by atoms with Gasteiger partial charge in [-0.25, -0.2) is 19.9 Å². The Morgan fingerprint density at radius 2 is 1.17 bits per heavy atom. The van der Waals surface area contributed by atoms with Crippen molar-refractivity contribution >= 4 is 40.3 Å². The monoisotopic (exact) mass is 763 g/mol. The van der Waals surface area contributed by atoms with E-state index in [0.717, 1.165) is 9.13 Å². The number of alkyl halides is 6. The van der Waals surface area contributed by atoms with Crippen LogP contribution in [0.25, 0.3) is 22.8 Å². The van der Waals surface area contributed by atoms with Gasteiger partial charge in [0.25, 0.3) is 0 Å². The van der Waals surface area contributed by atoms with Crippen LogP contribution in [0.4, 0.5) is 32.3 Å². The van der Waals surface area contributed by atoms with Crippen LogP contribution in [0.15, 0.2) is 46.6 Å². The van der Waals surface area contributed by atoms with E-state index in [1.54, 1.807) is 0 Å². The first kappa shape index (κ1) is 36.2. The number of nitrogen functional groups attached to an aromatic ring is 1. The third-order valence-electron chi connectivity index (χ3n) is 6.59. The van der Waals surface area contributed by atoms with Crippen LogP contribution < -0.4 is 15.9 Å². The van der Waals surface area contributed by atoms with Gasteiger partial charge in [0.05, 0.1) is 22.8 Å². The maximum absolute atomic E-state index is 12.9. The number of nitrogens with zero attached hydrogens (tertiary/aromatic N) is 8. The van der Waals surface area contributed by atoms with E-state index < -0.39 is 37.2 Å². The third kappa shape index (κ3) is 8.13. The summed E-state index contributed by atoms with van der Waals surface area (Å²) in [5.41, 5.74) is 7.60.